The van der Waals surface area contributed by atoms with Crippen molar-refractivity contribution in [2.75, 3.05) is 13.7 Å². The number of carbonyl (C=O) groups is 3. The topological polar surface area (TPSA) is 120 Å². The highest BCUT2D eigenvalue weighted by atomic mass is 19.1. The zero-order chi connectivity index (χ0) is 24.6. The number of alkyl halides is 1. The molecule has 184 valence electrons. The van der Waals surface area contributed by atoms with E-state index in [4.69, 9.17) is 10.5 Å². The number of ether oxygens (including phenoxy) is 1. The maximum atomic E-state index is 14.8. The number of rotatable bonds is 6. The Bertz CT molecular complexity index is 1100. The van der Waals surface area contributed by atoms with Crippen LogP contribution in [-0.2, 0) is 20.9 Å². The predicted octanol–water partition coefficient (Wildman–Crippen LogP) is 1.78. The van der Waals surface area contributed by atoms with Crippen LogP contribution >= 0.6 is 0 Å². The Morgan fingerprint density at radius 1 is 1.29 bits per heavy atom. The van der Waals surface area contributed by atoms with Crippen LogP contribution in [0.1, 0.15) is 50.0 Å². The molecule has 10 heteroatoms. The molecule has 4 rings (SSSR count). The lowest BCUT2D eigenvalue weighted by Crippen LogP contribution is -2.54. The Hall–Kier alpha value is -3.01. The average molecular weight is 474 g/mol. The van der Waals surface area contributed by atoms with Crippen molar-refractivity contribution in [3.05, 3.63) is 30.0 Å². The van der Waals surface area contributed by atoms with Crippen molar-refractivity contribution in [1.82, 2.24) is 20.0 Å². The standard InChI is InChI=1S/C24H32FN5O4/c1-24(2)10-6-7-14(11-24)27-23(33)20-21(34-3)16(25)12-29(20)18(31)13-30-17-9-5-4-8-15(17)19(28-30)22(26)32/h4-5,8-9,14,16,20-21H,6-7,10-13H2,1-3H3,(H2,26,32)(H,27,33)/t14-,16-,20-,21+/m0/s1. The van der Waals surface area contributed by atoms with Crippen LogP contribution in [0.5, 0.6) is 0 Å². The molecule has 1 aliphatic heterocycles. The first-order valence-electron chi connectivity index (χ1n) is 11.6. The summed E-state index contributed by atoms with van der Waals surface area (Å²) in [7, 11) is 1.34. The highest BCUT2D eigenvalue weighted by molar-refractivity contribution is 6.04. The van der Waals surface area contributed by atoms with Crippen molar-refractivity contribution < 1.29 is 23.5 Å². The smallest absolute Gasteiger partial charge is 0.269 e. The molecular formula is C24H32FN5O4. The molecule has 1 saturated carbocycles. The zero-order valence-corrected chi connectivity index (χ0v) is 19.8. The number of nitrogens with one attached hydrogen (secondary N) is 1. The van der Waals surface area contributed by atoms with Crippen LogP contribution in [0.15, 0.2) is 24.3 Å². The normalized spacial score (nSPS) is 26.5. The van der Waals surface area contributed by atoms with Crippen molar-refractivity contribution in [3.63, 3.8) is 0 Å². The molecule has 1 aliphatic carbocycles. The number of halogens is 1. The van der Waals surface area contributed by atoms with E-state index >= 15 is 0 Å². The van der Waals surface area contributed by atoms with Crippen LogP contribution in [0.2, 0.25) is 0 Å². The molecule has 9 nitrogen and oxygen atoms in total. The lowest BCUT2D eigenvalue weighted by molar-refractivity contribution is -0.142. The average Bonchev–Trinajstić information content (AvgIpc) is 3.31. The van der Waals surface area contributed by atoms with Crippen molar-refractivity contribution >= 4 is 28.6 Å². The summed E-state index contributed by atoms with van der Waals surface area (Å²) in [5.74, 6) is -1.61. The molecule has 0 radical (unpaired) electrons. The second-order valence-corrected chi connectivity index (χ2v) is 10.1. The molecule has 1 saturated heterocycles. The number of methoxy groups -OCH3 is 1. The van der Waals surface area contributed by atoms with Gasteiger partial charge in [0.1, 0.15) is 24.9 Å². The minimum absolute atomic E-state index is 0.0300. The molecule has 0 spiro atoms. The van der Waals surface area contributed by atoms with Crippen LogP contribution in [0.4, 0.5) is 4.39 Å². The highest BCUT2D eigenvalue weighted by Gasteiger charge is 2.49. The number of nitrogens with zero attached hydrogens (tertiary/aromatic N) is 3. The number of hydrogen-bond acceptors (Lipinski definition) is 5. The molecule has 0 unspecified atom stereocenters. The second kappa shape index (κ2) is 9.32. The SMILES string of the molecule is CO[C@H]1[C@@H](C(=O)N[C@H]2CCCC(C)(C)C2)N(C(=O)Cn2nc(C(N)=O)c3ccccc32)C[C@@H]1F. The Labute approximate surface area is 197 Å². The van der Waals surface area contributed by atoms with Gasteiger partial charge in [0.15, 0.2) is 5.69 Å². The second-order valence-electron chi connectivity index (χ2n) is 10.1. The van der Waals surface area contributed by atoms with Gasteiger partial charge in [-0.3, -0.25) is 19.1 Å². The molecule has 2 fully saturated rings. The molecule has 2 aromatic rings. The minimum Gasteiger partial charge on any atom is -0.376 e. The van der Waals surface area contributed by atoms with Crippen molar-refractivity contribution in [2.45, 2.75) is 70.4 Å². The molecule has 3 N–H and O–H groups in total. The molecular weight excluding hydrogens is 441 g/mol. The number of amides is 3. The number of hydrogen-bond donors (Lipinski definition) is 2. The summed E-state index contributed by atoms with van der Waals surface area (Å²) in [6.45, 7) is 3.81. The first-order valence-corrected chi connectivity index (χ1v) is 11.6. The summed E-state index contributed by atoms with van der Waals surface area (Å²) in [6.07, 6.45) is 1.21. The van der Waals surface area contributed by atoms with Crippen molar-refractivity contribution in [2.24, 2.45) is 11.1 Å². The Morgan fingerprint density at radius 2 is 2.03 bits per heavy atom. The van der Waals surface area contributed by atoms with Gasteiger partial charge >= 0.3 is 0 Å². The summed E-state index contributed by atoms with van der Waals surface area (Å²) < 4.78 is 21.5. The van der Waals surface area contributed by atoms with E-state index in [0.717, 1.165) is 25.7 Å². The fraction of sp³-hybridized carbons (Fsp3) is 0.583. The highest BCUT2D eigenvalue weighted by Crippen LogP contribution is 2.35. The number of likely N-dealkylation sites (tertiary alicyclic amines) is 1. The number of aromatic nitrogens is 2. The number of benzene rings is 1. The molecule has 2 aliphatic rings. The lowest BCUT2D eigenvalue weighted by Gasteiger charge is -2.37. The van der Waals surface area contributed by atoms with Gasteiger partial charge in [-0.1, -0.05) is 38.5 Å². The Kier molecular flexibility index (Phi) is 6.62. The molecule has 1 aromatic carbocycles. The van der Waals surface area contributed by atoms with Gasteiger partial charge in [-0.25, -0.2) is 4.39 Å². The van der Waals surface area contributed by atoms with E-state index in [9.17, 15) is 18.8 Å². The van der Waals surface area contributed by atoms with Gasteiger partial charge in [-0.2, -0.15) is 5.10 Å². The van der Waals surface area contributed by atoms with E-state index in [1.54, 1.807) is 24.3 Å². The molecule has 3 amide bonds. The van der Waals surface area contributed by atoms with Gasteiger partial charge in [-0.05, 0) is 30.7 Å². The largest absolute Gasteiger partial charge is 0.376 e. The first kappa shape index (κ1) is 24.1. The Balaban J connectivity index is 1.56. The number of fused-ring (bicyclic) bond motifs is 1. The number of nitrogens with two attached hydrogens (primary N) is 1. The molecule has 0 bridgehead atoms. The van der Waals surface area contributed by atoms with Gasteiger partial charge in [0.25, 0.3) is 5.91 Å². The molecule has 2 heterocycles. The maximum absolute atomic E-state index is 14.8. The van der Waals surface area contributed by atoms with Crippen LogP contribution in [-0.4, -0.2) is 70.4 Å². The predicted molar refractivity (Wildman–Crippen MR) is 124 cm³/mol. The van der Waals surface area contributed by atoms with E-state index in [1.165, 1.54) is 16.7 Å². The molecule has 34 heavy (non-hydrogen) atoms. The van der Waals surface area contributed by atoms with E-state index < -0.39 is 36.0 Å². The van der Waals surface area contributed by atoms with E-state index in [1.807, 2.05) is 0 Å². The molecule has 1 aromatic heterocycles. The van der Waals surface area contributed by atoms with Gasteiger partial charge in [0, 0.05) is 18.5 Å². The summed E-state index contributed by atoms with van der Waals surface area (Å²) in [4.78, 5) is 39.6. The number of carbonyl (C=O) groups excluding carboxylic acids is 3. The van der Waals surface area contributed by atoms with E-state index in [0.29, 0.717) is 10.9 Å². The maximum Gasteiger partial charge on any atom is 0.269 e. The fourth-order valence-electron chi connectivity index (χ4n) is 5.36. The van der Waals surface area contributed by atoms with Crippen LogP contribution < -0.4 is 11.1 Å². The lowest BCUT2D eigenvalue weighted by atomic mass is 9.75. The van der Waals surface area contributed by atoms with Gasteiger partial charge in [0.2, 0.25) is 11.8 Å². The third kappa shape index (κ3) is 4.64. The van der Waals surface area contributed by atoms with Crippen LogP contribution in [0.25, 0.3) is 10.9 Å². The molecule has 4 atom stereocenters. The number of primary amides is 1. The summed E-state index contributed by atoms with van der Waals surface area (Å²) >= 11 is 0. The van der Waals surface area contributed by atoms with E-state index in [-0.39, 0.29) is 30.2 Å². The third-order valence-electron chi connectivity index (χ3n) is 6.96. The summed E-state index contributed by atoms with van der Waals surface area (Å²) in [5.41, 5.74) is 6.16. The quantitative estimate of drug-likeness (QED) is 0.663. The van der Waals surface area contributed by atoms with Crippen LogP contribution in [0.3, 0.4) is 0 Å². The minimum atomic E-state index is -1.50. The first-order chi connectivity index (χ1) is 16.1. The van der Waals surface area contributed by atoms with Crippen molar-refractivity contribution in [1.29, 1.82) is 0 Å². The zero-order valence-electron chi connectivity index (χ0n) is 19.8. The van der Waals surface area contributed by atoms with Gasteiger partial charge in [-0.15, -0.1) is 0 Å². The fourth-order valence-corrected chi connectivity index (χ4v) is 5.36. The van der Waals surface area contributed by atoms with Gasteiger partial charge in [0.05, 0.1) is 12.1 Å². The summed E-state index contributed by atoms with van der Waals surface area (Å²) in [5, 5.41) is 7.77. The van der Waals surface area contributed by atoms with Crippen LogP contribution in [0, 0.1) is 5.41 Å². The monoisotopic (exact) mass is 473 g/mol. The summed E-state index contributed by atoms with van der Waals surface area (Å²) in [6, 6.07) is 5.79. The van der Waals surface area contributed by atoms with E-state index in [2.05, 4.69) is 24.3 Å². The number of para-hydroxylation sites is 1. The Morgan fingerprint density at radius 3 is 2.71 bits per heavy atom. The third-order valence-corrected chi connectivity index (χ3v) is 6.96. The van der Waals surface area contributed by atoms with Crippen molar-refractivity contribution in [3.8, 4) is 0 Å². The van der Waals surface area contributed by atoms with Gasteiger partial charge < -0.3 is 20.7 Å².